The van der Waals surface area contributed by atoms with Gasteiger partial charge in [-0.05, 0) is 60.2 Å². The van der Waals surface area contributed by atoms with Gasteiger partial charge in [-0.3, -0.25) is 4.79 Å². The summed E-state index contributed by atoms with van der Waals surface area (Å²) < 4.78 is 2.15. The number of carbonyl (C=O) groups excluding carboxylic acids is 1. The van der Waals surface area contributed by atoms with Gasteiger partial charge in [0.1, 0.15) is 0 Å². The predicted molar refractivity (Wildman–Crippen MR) is 91.7 cm³/mol. The van der Waals surface area contributed by atoms with E-state index in [-0.39, 0.29) is 5.91 Å². The number of hydrogen-bond acceptors (Lipinski definition) is 2. The van der Waals surface area contributed by atoms with Crippen LogP contribution in [0.4, 0.5) is 0 Å². The Morgan fingerprint density at radius 1 is 1.32 bits per heavy atom. The Morgan fingerprint density at radius 2 is 1.95 bits per heavy atom. The molecular formula is C14H13BrINOS. The van der Waals surface area contributed by atoms with Crippen LogP contribution in [0.1, 0.15) is 29.8 Å². The first-order valence-electron chi connectivity index (χ1n) is 5.71. The van der Waals surface area contributed by atoms with Crippen molar-refractivity contribution in [3.05, 3.63) is 54.2 Å². The zero-order valence-corrected chi connectivity index (χ0v) is 15.1. The predicted octanol–water partition coefficient (Wildman–Crippen LogP) is 4.78. The SMILES string of the molecule is CC(C)(NC(=O)c1csc(I)c1)c1ccc(Br)cc1. The molecule has 1 amide bonds. The fourth-order valence-corrected chi connectivity index (χ4v) is 3.31. The molecule has 0 aliphatic carbocycles. The average molecular weight is 450 g/mol. The van der Waals surface area contributed by atoms with Crippen LogP contribution in [0.15, 0.2) is 40.2 Å². The molecule has 2 aromatic rings. The Bertz CT molecular complexity index is 592. The molecular weight excluding hydrogens is 437 g/mol. The van der Waals surface area contributed by atoms with Crippen LogP contribution in [0.3, 0.4) is 0 Å². The molecule has 0 saturated heterocycles. The van der Waals surface area contributed by atoms with Gasteiger partial charge in [-0.2, -0.15) is 0 Å². The van der Waals surface area contributed by atoms with Gasteiger partial charge in [-0.25, -0.2) is 0 Å². The first-order valence-corrected chi connectivity index (χ1v) is 8.46. The lowest BCUT2D eigenvalue weighted by molar-refractivity contribution is 0.0912. The normalized spacial score (nSPS) is 11.4. The minimum atomic E-state index is -0.398. The monoisotopic (exact) mass is 449 g/mol. The smallest absolute Gasteiger partial charge is 0.252 e. The van der Waals surface area contributed by atoms with Crippen LogP contribution in [0.25, 0.3) is 0 Å². The number of benzene rings is 1. The van der Waals surface area contributed by atoms with Gasteiger partial charge >= 0.3 is 0 Å². The topological polar surface area (TPSA) is 29.1 Å². The van der Waals surface area contributed by atoms with Gasteiger partial charge in [0.15, 0.2) is 0 Å². The molecule has 1 N–H and O–H groups in total. The Balaban J connectivity index is 2.17. The molecule has 5 heteroatoms. The largest absolute Gasteiger partial charge is 0.343 e. The fraction of sp³-hybridized carbons (Fsp3) is 0.214. The quantitative estimate of drug-likeness (QED) is 0.671. The van der Waals surface area contributed by atoms with Crippen molar-refractivity contribution in [2.75, 3.05) is 0 Å². The highest BCUT2D eigenvalue weighted by Crippen LogP contribution is 2.23. The second-order valence-corrected chi connectivity index (χ2v) is 8.45. The summed E-state index contributed by atoms with van der Waals surface area (Å²) in [5.74, 6) is -0.0351. The molecule has 1 aromatic heterocycles. The maximum absolute atomic E-state index is 12.2. The van der Waals surface area contributed by atoms with Gasteiger partial charge < -0.3 is 5.32 Å². The lowest BCUT2D eigenvalue weighted by Gasteiger charge is -2.26. The highest BCUT2D eigenvalue weighted by molar-refractivity contribution is 14.1. The number of halogens is 2. The Morgan fingerprint density at radius 3 is 2.47 bits per heavy atom. The maximum atomic E-state index is 12.2. The van der Waals surface area contributed by atoms with E-state index in [1.807, 2.05) is 49.6 Å². The third-order valence-corrected chi connectivity index (χ3v) is 5.14. The summed E-state index contributed by atoms with van der Waals surface area (Å²) in [5.41, 5.74) is 1.40. The standard InChI is InChI=1S/C14H13BrINOS/c1-14(2,10-3-5-11(15)6-4-10)17-13(18)9-7-12(16)19-8-9/h3-8H,1-2H3,(H,17,18). The molecule has 0 unspecified atom stereocenters. The van der Waals surface area contributed by atoms with E-state index < -0.39 is 5.54 Å². The summed E-state index contributed by atoms with van der Waals surface area (Å²) in [6.45, 7) is 4.01. The van der Waals surface area contributed by atoms with Crippen molar-refractivity contribution in [2.24, 2.45) is 0 Å². The summed E-state index contributed by atoms with van der Waals surface area (Å²) >= 11 is 7.21. The zero-order chi connectivity index (χ0) is 14.0. The molecule has 0 saturated carbocycles. The summed E-state index contributed by atoms with van der Waals surface area (Å²) in [6, 6.07) is 9.90. The van der Waals surface area contributed by atoms with Gasteiger partial charge in [0.25, 0.3) is 5.91 Å². The molecule has 2 rings (SSSR count). The van der Waals surface area contributed by atoms with Crippen molar-refractivity contribution < 1.29 is 4.79 Å². The third kappa shape index (κ3) is 3.79. The lowest BCUT2D eigenvalue weighted by Crippen LogP contribution is -2.40. The molecule has 0 aliphatic rings. The summed E-state index contributed by atoms with van der Waals surface area (Å²) in [6.07, 6.45) is 0. The molecule has 1 heterocycles. The fourth-order valence-electron chi connectivity index (χ4n) is 1.72. The van der Waals surface area contributed by atoms with Crippen LogP contribution >= 0.6 is 49.9 Å². The molecule has 0 spiro atoms. The van der Waals surface area contributed by atoms with Gasteiger partial charge in [-0.1, -0.05) is 28.1 Å². The summed E-state index contributed by atoms with van der Waals surface area (Å²) in [7, 11) is 0. The summed E-state index contributed by atoms with van der Waals surface area (Å²) in [4.78, 5) is 12.2. The van der Waals surface area contributed by atoms with Crippen LogP contribution in [0, 0.1) is 2.88 Å². The Kier molecular flexibility index (Phi) is 4.68. The van der Waals surface area contributed by atoms with Gasteiger partial charge in [0.2, 0.25) is 0 Å². The highest BCUT2D eigenvalue weighted by atomic mass is 127. The van der Waals surface area contributed by atoms with E-state index in [0.29, 0.717) is 0 Å². The molecule has 0 radical (unpaired) electrons. The van der Waals surface area contributed by atoms with Crippen molar-refractivity contribution >= 4 is 55.8 Å². The Labute approximate surface area is 138 Å². The molecule has 100 valence electrons. The van der Waals surface area contributed by atoms with Crippen LogP contribution in [-0.2, 0) is 5.54 Å². The number of rotatable bonds is 3. The molecule has 0 bridgehead atoms. The van der Waals surface area contributed by atoms with Crippen LogP contribution in [0.5, 0.6) is 0 Å². The van der Waals surface area contributed by atoms with E-state index >= 15 is 0 Å². The van der Waals surface area contributed by atoms with E-state index in [9.17, 15) is 4.79 Å². The first kappa shape index (κ1) is 15.0. The van der Waals surface area contributed by atoms with E-state index in [0.717, 1.165) is 18.5 Å². The Hall–Kier alpha value is -0.400. The van der Waals surface area contributed by atoms with Gasteiger partial charge in [0.05, 0.1) is 14.0 Å². The molecule has 19 heavy (non-hydrogen) atoms. The number of thiophene rings is 1. The van der Waals surface area contributed by atoms with Gasteiger partial charge in [0, 0.05) is 9.85 Å². The first-order chi connectivity index (χ1) is 8.88. The molecule has 0 fully saturated rings. The molecule has 1 aromatic carbocycles. The van der Waals surface area contributed by atoms with Crippen molar-refractivity contribution in [3.63, 3.8) is 0 Å². The van der Waals surface area contributed by atoms with Crippen LogP contribution < -0.4 is 5.32 Å². The minimum Gasteiger partial charge on any atom is -0.343 e. The van der Waals surface area contributed by atoms with Crippen LogP contribution in [0.2, 0.25) is 0 Å². The number of carbonyl (C=O) groups is 1. The van der Waals surface area contributed by atoms with Crippen molar-refractivity contribution in [1.29, 1.82) is 0 Å². The number of hydrogen-bond donors (Lipinski definition) is 1. The van der Waals surface area contributed by atoms with Crippen molar-refractivity contribution in [3.8, 4) is 0 Å². The average Bonchev–Trinajstić information content (AvgIpc) is 2.76. The zero-order valence-electron chi connectivity index (χ0n) is 10.5. The third-order valence-electron chi connectivity index (χ3n) is 2.82. The number of amides is 1. The molecule has 2 nitrogen and oxygen atoms in total. The maximum Gasteiger partial charge on any atom is 0.252 e. The minimum absolute atomic E-state index is 0.0351. The van der Waals surface area contributed by atoms with Crippen molar-refractivity contribution in [1.82, 2.24) is 5.32 Å². The molecule has 0 aliphatic heterocycles. The highest BCUT2D eigenvalue weighted by Gasteiger charge is 2.23. The van der Waals surface area contributed by atoms with Crippen molar-refractivity contribution in [2.45, 2.75) is 19.4 Å². The molecule has 0 atom stereocenters. The summed E-state index contributed by atoms with van der Waals surface area (Å²) in [5, 5.41) is 4.95. The second kappa shape index (κ2) is 5.93. The van der Waals surface area contributed by atoms with Gasteiger partial charge in [-0.15, -0.1) is 11.3 Å². The second-order valence-electron chi connectivity index (χ2n) is 4.73. The van der Waals surface area contributed by atoms with E-state index in [1.54, 1.807) is 11.3 Å². The lowest BCUT2D eigenvalue weighted by atomic mass is 9.94. The van der Waals surface area contributed by atoms with E-state index in [4.69, 9.17) is 0 Å². The number of nitrogens with one attached hydrogen (secondary N) is 1. The van der Waals surface area contributed by atoms with E-state index in [1.165, 1.54) is 0 Å². The van der Waals surface area contributed by atoms with Crippen LogP contribution in [-0.4, -0.2) is 5.91 Å². The van der Waals surface area contributed by atoms with E-state index in [2.05, 4.69) is 43.8 Å².